The van der Waals surface area contributed by atoms with Gasteiger partial charge in [-0.25, -0.2) is 4.79 Å². The SMILES string of the molecule is C=C(C(N)=O)c1cccc(NCS(=O)[O-])c1.O=C(O)c1c[nH]c2cc(Cl)cc(Cl)c12. The molecule has 3 rings (SSSR count). The average molecular weight is 469 g/mol. The number of aromatic carboxylic acids is 1. The molecule has 30 heavy (non-hydrogen) atoms. The predicted octanol–water partition coefficient (Wildman–Crippen LogP) is 3.61. The van der Waals surface area contributed by atoms with Crippen LogP contribution in [-0.2, 0) is 15.9 Å². The highest BCUT2D eigenvalue weighted by molar-refractivity contribution is 7.79. The number of carbonyl (C=O) groups is 2. The first-order valence-electron chi connectivity index (χ1n) is 8.18. The largest absolute Gasteiger partial charge is 0.771 e. The maximum Gasteiger partial charge on any atom is 0.337 e. The zero-order chi connectivity index (χ0) is 22.4. The third kappa shape index (κ3) is 6.07. The summed E-state index contributed by atoms with van der Waals surface area (Å²) in [5.74, 6) is -1.81. The van der Waals surface area contributed by atoms with E-state index < -0.39 is 23.0 Å². The minimum Gasteiger partial charge on any atom is -0.771 e. The van der Waals surface area contributed by atoms with Gasteiger partial charge < -0.3 is 25.7 Å². The van der Waals surface area contributed by atoms with Gasteiger partial charge in [-0.3, -0.25) is 9.00 Å². The van der Waals surface area contributed by atoms with Crippen molar-refractivity contribution in [2.24, 2.45) is 5.73 Å². The first-order chi connectivity index (χ1) is 14.1. The summed E-state index contributed by atoms with van der Waals surface area (Å²) in [5, 5.41) is 12.8. The third-order valence-corrected chi connectivity index (χ3v) is 4.73. The fourth-order valence-corrected chi connectivity index (χ4v) is 3.33. The molecule has 1 heterocycles. The standard InChI is InChI=1S/C10H12N2O3S.C9H5Cl2NO2/c1-7(10(11)13)8-3-2-4-9(5-8)12-6-16(14)15;10-4-1-6(11)8-5(9(13)14)3-12-7(8)2-4/h2-5,12H,1,6H2,(H2,11,13)(H,14,15);1-3,12H,(H,13,14)/p-1. The summed E-state index contributed by atoms with van der Waals surface area (Å²) in [6.07, 6.45) is 1.40. The van der Waals surface area contributed by atoms with Crippen LogP contribution < -0.4 is 11.1 Å². The van der Waals surface area contributed by atoms with Gasteiger partial charge in [0.1, 0.15) is 0 Å². The molecule has 0 spiro atoms. The number of carbonyl (C=O) groups excluding carboxylic acids is 1. The lowest BCUT2D eigenvalue weighted by Gasteiger charge is -2.10. The Kier molecular flexibility index (Phi) is 8.01. The summed E-state index contributed by atoms with van der Waals surface area (Å²) in [6, 6.07) is 9.80. The Balaban J connectivity index is 0.000000215. The number of primary amides is 1. The van der Waals surface area contributed by atoms with E-state index in [0.717, 1.165) is 0 Å². The number of fused-ring (bicyclic) bond motifs is 1. The average Bonchev–Trinajstić information content (AvgIpc) is 3.11. The minimum absolute atomic E-state index is 0.154. The van der Waals surface area contributed by atoms with Crippen molar-refractivity contribution in [2.45, 2.75) is 0 Å². The highest BCUT2D eigenvalue weighted by atomic mass is 35.5. The highest BCUT2D eigenvalue weighted by Crippen LogP contribution is 2.30. The molecule has 5 N–H and O–H groups in total. The van der Waals surface area contributed by atoms with Crippen molar-refractivity contribution in [1.82, 2.24) is 4.98 Å². The van der Waals surface area contributed by atoms with E-state index in [1.54, 1.807) is 30.3 Å². The Labute approximate surface area is 184 Å². The van der Waals surface area contributed by atoms with Gasteiger partial charge in [-0.15, -0.1) is 0 Å². The molecule has 3 aromatic rings. The van der Waals surface area contributed by atoms with Crippen LogP contribution in [0, 0.1) is 0 Å². The number of carboxylic acid groups (broad SMARTS) is 1. The van der Waals surface area contributed by atoms with Crippen molar-refractivity contribution in [2.75, 3.05) is 11.2 Å². The molecule has 0 aliphatic carbocycles. The lowest BCUT2D eigenvalue weighted by atomic mass is 10.1. The van der Waals surface area contributed by atoms with Crippen molar-refractivity contribution in [3.63, 3.8) is 0 Å². The molecular weight excluding hydrogens is 453 g/mol. The number of carboxylic acids is 1. The van der Waals surface area contributed by atoms with Crippen LogP contribution in [0.3, 0.4) is 0 Å². The molecule has 1 aromatic heterocycles. The van der Waals surface area contributed by atoms with Crippen molar-refractivity contribution >= 4 is 68.3 Å². The molecule has 0 radical (unpaired) electrons. The summed E-state index contributed by atoms with van der Waals surface area (Å²) >= 11 is 9.48. The van der Waals surface area contributed by atoms with Crippen LogP contribution in [0.25, 0.3) is 16.5 Å². The van der Waals surface area contributed by atoms with Gasteiger partial charge in [0.25, 0.3) is 0 Å². The molecule has 0 saturated carbocycles. The zero-order valence-electron chi connectivity index (χ0n) is 15.3. The summed E-state index contributed by atoms with van der Waals surface area (Å²) in [6.45, 7) is 3.54. The van der Waals surface area contributed by atoms with Crippen LogP contribution in [0.15, 0.2) is 49.2 Å². The number of benzene rings is 2. The number of nitrogens with two attached hydrogens (primary N) is 1. The Hall–Kier alpha value is -2.85. The molecule has 0 fully saturated rings. The topological polar surface area (TPSA) is 148 Å². The molecule has 8 nitrogen and oxygen atoms in total. The summed E-state index contributed by atoms with van der Waals surface area (Å²) in [5.41, 5.74) is 7.20. The Bertz CT molecular complexity index is 1150. The fourth-order valence-electron chi connectivity index (χ4n) is 2.45. The number of amides is 1. The number of aromatic amines is 1. The fraction of sp³-hybridized carbons (Fsp3) is 0.0526. The number of halogens is 2. The maximum absolute atomic E-state index is 10.9. The van der Waals surface area contributed by atoms with E-state index in [1.165, 1.54) is 12.3 Å². The van der Waals surface area contributed by atoms with Gasteiger partial charge in [0.15, 0.2) is 0 Å². The molecule has 0 saturated heterocycles. The second kappa shape index (κ2) is 10.3. The van der Waals surface area contributed by atoms with E-state index in [4.69, 9.17) is 34.0 Å². The van der Waals surface area contributed by atoms with Crippen molar-refractivity contribution in [1.29, 1.82) is 0 Å². The van der Waals surface area contributed by atoms with Crippen LogP contribution >= 0.6 is 23.2 Å². The quantitative estimate of drug-likeness (QED) is 0.320. The number of hydrogen-bond acceptors (Lipinski definition) is 5. The summed E-state index contributed by atoms with van der Waals surface area (Å²) in [7, 11) is 0. The van der Waals surface area contributed by atoms with Gasteiger partial charge in [0.05, 0.1) is 16.5 Å². The smallest absolute Gasteiger partial charge is 0.337 e. The lowest BCUT2D eigenvalue weighted by Crippen LogP contribution is -2.12. The number of nitrogens with one attached hydrogen (secondary N) is 2. The number of hydrogen-bond donors (Lipinski definition) is 4. The Morgan fingerprint density at radius 1 is 1.27 bits per heavy atom. The van der Waals surface area contributed by atoms with E-state index in [9.17, 15) is 18.4 Å². The van der Waals surface area contributed by atoms with Crippen molar-refractivity contribution in [3.8, 4) is 0 Å². The molecular formula is C19H16Cl2N3O5S-. The van der Waals surface area contributed by atoms with E-state index in [0.29, 0.717) is 32.2 Å². The normalized spacial score (nSPS) is 11.3. The van der Waals surface area contributed by atoms with Gasteiger partial charge in [0, 0.05) is 33.4 Å². The molecule has 2 aromatic carbocycles. The van der Waals surface area contributed by atoms with Gasteiger partial charge in [0.2, 0.25) is 5.91 Å². The maximum atomic E-state index is 10.9. The number of aromatic nitrogens is 1. The van der Waals surface area contributed by atoms with E-state index >= 15 is 0 Å². The molecule has 1 unspecified atom stereocenters. The van der Waals surface area contributed by atoms with Gasteiger partial charge in [-0.05, 0) is 40.9 Å². The second-order valence-corrected chi connectivity index (χ2v) is 7.61. The van der Waals surface area contributed by atoms with Crippen LogP contribution in [0.1, 0.15) is 15.9 Å². The third-order valence-electron chi connectivity index (χ3n) is 3.83. The van der Waals surface area contributed by atoms with Crippen LogP contribution in [-0.4, -0.2) is 36.6 Å². The molecule has 0 aliphatic rings. The van der Waals surface area contributed by atoms with Crippen LogP contribution in [0.5, 0.6) is 0 Å². The number of rotatable bonds is 6. The van der Waals surface area contributed by atoms with Crippen LogP contribution in [0.2, 0.25) is 10.0 Å². The summed E-state index contributed by atoms with van der Waals surface area (Å²) < 4.78 is 20.7. The molecule has 0 bridgehead atoms. The minimum atomic E-state index is -2.17. The highest BCUT2D eigenvalue weighted by Gasteiger charge is 2.13. The number of H-pyrrole nitrogens is 1. The monoisotopic (exact) mass is 468 g/mol. The lowest BCUT2D eigenvalue weighted by molar-refractivity contribution is -0.112. The van der Waals surface area contributed by atoms with Gasteiger partial charge >= 0.3 is 5.97 Å². The first-order valence-corrected chi connectivity index (χ1v) is 10.2. The molecule has 0 aliphatic heterocycles. The summed E-state index contributed by atoms with van der Waals surface area (Å²) in [4.78, 5) is 24.5. The predicted molar refractivity (Wildman–Crippen MR) is 117 cm³/mol. The molecule has 11 heteroatoms. The zero-order valence-corrected chi connectivity index (χ0v) is 17.6. The number of anilines is 1. The van der Waals surface area contributed by atoms with E-state index in [2.05, 4.69) is 16.9 Å². The Morgan fingerprint density at radius 3 is 2.57 bits per heavy atom. The van der Waals surface area contributed by atoms with Crippen LogP contribution in [0.4, 0.5) is 5.69 Å². The Morgan fingerprint density at radius 2 is 1.97 bits per heavy atom. The van der Waals surface area contributed by atoms with Crippen molar-refractivity contribution < 1.29 is 23.5 Å². The van der Waals surface area contributed by atoms with E-state index in [-0.39, 0.29) is 17.0 Å². The molecule has 1 atom stereocenters. The van der Waals surface area contributed by atoms with Crippen molar-refractivity contribution in [3.05, 3.63) is 70.3 Å². The second-order valence-electron chi connectivity index (χ2n) is 5.87. The first kappa shape index (κ1) is 23.4. The molecule has 158 valence electrons. The van der Waals surface area contributed by atoms with Gasteiger partial charge in [-0.1, -0.05) is 41.9 Å². The van der Waals surface area contributed by atoms with E-state index in [1.807, 2.05) is 0 Å². The molecule has 1 amide bonds. The van der Waals surface area contributed by atoms with Gasteiger partial charge in [-0.2, -0.15) is 0 Å².